The molecule has 1 aromatic rings. The van der Waals surface area contributed by atoms with Crippen molar-refractivity contribution in [3.05, 3.63) is 33.9 Å². The van der Waals surface area contributed by atoms with Crippen molar-refractivity contribution in [1.29, 1.82) is 0 Å². The molecule has 7 nitrogen and oxygen atoms in total. The maximum Gasteiger partial charge on any atom is 0.330 e. The topological polar surface area (TPSA) is 87.9 Å². The fourth-order valence-electron chi connectivity index (χ4n) is 1.60. The van der Waals surface area contributed by atoms with Crippen molar-refractivity contribution in [3.63, 3.8) is 0 Å². The molecule has 0 bridgehead atoms. The molecule has 0 fully saturated rings. The number of carbonyl (C=O) groups excluding carboxylic acids is 1. The molecular weight excluding hydrogens is 266 g/mol. The van der Waals surface area contributed by atoms with E-state index in [2.05, 4.69) is 0 Å². The van der Waals surface area contributed by atoms with Gasteiger partial charge in [-0.05, 0) is 25.1 Å². The maximum absolute atomic E-state index is 11.3. The average Bonchev–Trinajstić information content (AvgIpc) is 2.43. The number of hydrogen-bond donors (Lipinski definition) is 0. The molecule has 20 heavy (non-hydrogen) atoms. The van der Waals surface area contributed by atoms with Crippen LogP contribution in [0.15, 0.2) is 18.2 Å². The van der Waals surface area contributed by atoms with Crippen LogP contribution in [0.25, 0.3) is 6.08 Å². The summed E-state index contributed by atoms with van der Waals surface area (Å²) in [6, 6.07) is 2.95. The highest BCUT2D eigenvalue weighted by Gasteiger charge is 2.23. The molecule has 0 aliphatic rings. The second-order valence-electron chi connectivity index (χ2n) is 3.57. The molecule has 0 N–H and O–H groups in total. The van der Waals surface area contributed by atoms with E-state index in [1.54, 1.807) is 6.92 Å². The highest BCUT2D eigenvalue weighted by Crippen LogP contribution is 2.37. The number of ether oxygens (including phenoxy) is 3. The van der Waals surface area contributed by atoms with Crippen molar-refractivity contribution in [2.45, 2.75) is 6.92 Å². The Morgan fingerprint density at radius 3 is 2.40 bits per heavy atom. The van der Waals surface area contributed by atoms with Crippen LogP contribution < -0.4 is 9.47 Å². The van der Waals surface area contributed by atoms with Crippen LogP contribution in [0.2, 0.25) is 0 Å². The lowest BCUT2D eigenvalue weighted by molar-refractivity contribution is -0.386. The number of rotatable bonds is 6. The summed E-state index contributed by atoms with van der Waals surface area (Å²) in [5.41, 5.74) is -0.127. The van der Waals surface area contributed by atoms with Crippen molar-refractivity contribution in [3.8, 4) is 11.5 Å². The molecule has 0 heterocycles. The van der Waals surface area contributed by atoms with E-state index in [0.29, 0.717) is 0 Å². The average molecular weight is 281 g/mol. The highest BCUT2D eigenvalue weighted by atomic mass is 16.6. The van der Waals surface area contributed by atoms with Crippen molar-refractivity contribution in [2.24, 2.45) is 0 Å². The van der Waals surface area contributed by atoms with Crippen LogP contribution in [0, 0.1) is 10.1 Å². The molecule has 0 aromatic heterocycles. The van der Waals surface area contributed by atoms with Gasteiger partial charge in [0, 0.05) is 6.08 Å². The molecule has 0 spiro atoms. The van der Waals surface area contributed by atoms with Crippen LogP contribution in [0.5, 0.6) is 11.5 Å². The smallest absolute Gasteiger partial charge is 0.330 e. The summed E-state index contributed by atoms with van der Waals surface area (Å²) < 4.78 is 14.7. The summed E-state index contributed by atoms with van der Waals surface area (Å²) in [6.07, 6.45) is 2.38. The Morgan fingerprint density at radius 1 is 1.30 bits per heavy atom. The predicted molar refractivity (Wildman–Crippen MR) is 71.9 cm³/mol. The van der Waals surface area contributed by atoms with E-state index < -0.39 is 10.9 Å². The van der Waals surface area contributed by atoms with Gasteiger partial charge in [-0.2, -0.15) is 0 Å². The van der Waals surface area contributed by atoms with Gasteiger partial charge in [-0.1, -0.05) is 0 Å². The molecule has 0 aliphatic heterocycles. The van der Waals surface area contributed by atoms with Crippen LogP contribution in [0.1, 0.15) is 12.5 Å². The number of benzene rings is 1. The molecule has 0 unspecified atom stereocenters. The van der Waals surface area contributed by atoms with Gasteiger partial charge in [0.15, 0.2) is 5.75 Å². The fraction of sp³-hybridized carbons (Fsp3) is 0.308. The number of nitro groups is 1. The lowest BCUT2D eigenvalue weighted by atomic mass is 10.1. The van der Waals surface area contributed by atoms with E-state index in [1.807, 2.05) is 0 Å². The van der Waals surface area contributed by atoms with Crippen LogP contribution in [0.4, 0.5) is 5.69 Å². The summed E-state index contributed by atoms with van der Waals surface area (Å²) in [7, 11) is 2.71. The lowest BCUT2D eigenvalue weighted by Gasteiger charge is -2.08. The van der Waals surface area contributed by atoms with E-state index >= 15 is 0 Å². The first-order chi connectivity index (χ1) is 9.54. The Balaban J connectivity index is 3.33. The largest absolute Gasteiger partial charge is 0.496 e. The van der Waals surface area contributed by atoms with Gasteiger partial charge in [0.05, 0.1) is 31.3 Å². The number of carbonyl (C=O) groups is 1. The van der Waals surface area contributed by atoms with E-state index in [0.717, 1.165) is 6.08 Å². The van der Waals surface area contributed by atoms with Crippen LogP contribution in [0.3, 0.4) is 0 Å². The molecule has 7 heteroatoms. The van der Waals surface area contributed by atoms with Gasteiger partial charge in [-0.25, -0.2) is 4.79 Å². The second kappa shape index (κ2) is 7.13. The van der Waals surface area contributed by atoms with Gasteiger partial charge in [-0.3, -0.25) is 10.1 Å². The minimum absolute atomic E-state index is 0.0827. The molecule has 0 amide bonds. The normalized spacial score (nSPS) is 10.3. The minimum atomic E-state index is -0.591. The fourth-order valence-corrected chi connectivity index (χ4v) is 1.60. The van der Waals surface area contributed by atoms with E-state index in [4.69, 9.17) is 14.2 Å². The summed E-state index contributed by atoms with van der Waals surface area (Å²) in [5.74, 6) is -0.246. The monoisotopic (exact) mass is 281 g/mol. The zero-order valence-electron chi connectivity index (χ0n) is 11.4. The molecule has 0 radical (unpaired) electrons. The van der Waals surface area contributed by atoms with Gasteiger partial charge in [0.1, 0.15) is 5.75 Å². The first-order valence-corrected chi connectivity index (χ1v) is 5.79. The third-order valence-corrected chi connectivity index (χ3v) is 2.44. The number of esters is 1. The van der Waals surface area contributed by atoms with Crippen molar-refractivity contribution in [1.82, 2.24) is 0 Å². The minimum Gasteiger partial charge on any atom is -0.496 e. The van der Waals surface area contributed by atoms with Crippen LogP contribution >= 0.6 is 0 Å². The SMILES string of the molecule is CCOC(=O)/C=C/c1c(OC)ccc(OC)c1[N+](=O)[O-]. The van der Waals surface area contributed by atoms with Gasteiger partial charge in [0.2, 0.25) is 0 Å². The van der Waals surface area contributed by atoms with E-state index in [9.17, 15) is 14.9 Å². The Morgan fingerprint density at radius 2 is 1.90 bits per heavy atom. The van der Waals surface area contributed by atoms with Crippen molar-refractivity contribution in [2.75, 3.05) is 20.8 Å². The zero-order chi connectivity index (χ0) is 15.1. The predicted octanol–water partition coefficient (Wildman–Crippen LogP) is 2.19. The van der Waals surface area contributed by atoms with Gasteiger partial charge >= 0.3 is 11.7 Å². The molecule has 0 saturated heterocycles. The first kappa shape index (κ1) is 15.5. The quantitative estimate of drug-likeness (QED) is 0.344. The number of nitrogens with zero attached hydrogens (tertiary/aromatic N) is 1. The number of methoxy groups -OCH3 is 2. The first-order valence-electron chi connectivity index (χ1n) is 5.79. The Labute approximate surface area is 115 Å². The maximum atomic E-state index is 11.3. The molecule has 1 rings (SSSR count). The number of nitro benzene ring substituents is 1. The molecule has 1 aromatic carbocycles. The molecule has 0 atom stereocenters. The zero-order valence-corrected chi connectivity index (χ0v) is 11.4. The van der Waals surface area contributed by atoms with Crippen molar-refractivity contribution >= 4 is 17.7 Å². The summed E-state index contributed by atoms with van der Waals surface area (Å²) in [4.78, 5) is 21.9. The van der Waals surface area contributed by atoms with E-state index in [1.165, 1.54) is 32.4 Å². The van der Waals surface area contributed by atoms with Crippen LogP contribution in [-0.4, -0.2) is 31.7 Å². The lowest BCUT2D eigenvalue weighted by Crippen LogP contribution is -2.01. The standard InChI is InChI=1S/C13H15NO6/c1-4-20-12(15)8-5-9-10(18-2)6-7-11(19-3)13(9)14(16)17/h5-8H,4H2,1-3H3/b8-5+. The van der Waals surface area contributed by atoms with Crippen LogP contribution in [-0.2, 0) is 9.53 Å². The highest BCUT2D eigenvalue weighted by molar-refractivity contribution is 5.89. The molecular formula is C13H15NO6. The molecule has 0 saturated carbocycles. The van der Waals surface area contributed by atoms with Gasteiger partial charge in [-0.15, -0.1) is 0 Å². The Bertz CT molecular complexity index is 538. The third-order valence-electron chi connectivity index (χ3n) is 2.44. The van der Waals surface area contributed by atoms with Gasteiger partial charge in [0.25, 0.3) is 0 Å². The third kappa shape index (κ3) is 3.47. The van der Waals surface area contributed by atoms with Crippen molar-refractivity contribution < 1.29 is 23.9 Å². The Hall–Kier alpha value is -2.57. The second-order valence-corrected chi connectivity index (χ2v) is 3.57. The Kier molecular flexibility index (Phi) is 5.52. The van der Waals surface area contributed by atoms with Gasteiger partial charge < -0.3 is 14.2 Å². The number of hydrogen-bond acceptors (Lipinski definition) is 6. The summed E-state index contributed by atoms with van der Waals surface area (Å²) in [5, 5.41) is 11.2. The molecule has 108 valence electrons. The molecule has 0 aliphatic carbocycles. The summed E-state index contributed by atoms with van der Waals surface area (Å²) in [6.45, 7) is 1.89. The summed E-state index contributed by atoms with van der Waals surface area (Å²) >= 11 is 0. The van der Waals surface area contributed by atoms with E-state index in [-0.39, 0.29) is 29.4 Å².